The predicted molar refractivity (Wildman–Crippen MR) is 75.2 cm³/mol. The maximum absolute atomic E-state index is 13.0. The van der Waals surface area contributed by atoms with E-state index in [-0.39, 0.29) is 5.82 Å². The first-order valence-electron chi connectivity index (χ1n) is 5.73. The van der Waals surface area contributed by atoms with Crippen LogP contribution in [0.2, 0.25) is 5.02 Å². The van der Waals surface area contributed by atoms with Crippen molar-refractivity contribution in [2.45, 2.75) is 13.5 Å². The Morgan fingerprint density at radius 2 is 2.21 bits per heavy atom. The highest BCUT2D eigenvalue weighted by Crippen LogP contribution is 2.27. The quantitative estimate of drug-likeness (QED) is 0.862. The van der Waals surface area contributed by atoms with Crippen LogP contribution in [0.15, 0.2) is 24.3 Å². The lowest BCUT2D eigenvalue weighted by Crippen LogP contribution is -2.00. The highest BCUT2D eigenvalue weighted by molar-refractivity contribution is 7.71. The maximum Gasteiger partial charge on any atom is 0.134 e. The summed E-state index contributed by atoms with van der Waals surface area (Å²) in [5, 5.41) is 0.319. The second-order valence-corrected chi connectivity index (χ2v) is 4.67. The molecule has 0 unspecified atom stereocenters. The van der Waals surface area contributed by atoms with E-state index in [2.05, 4.69) is 9.97 Å². The number of hydrogen-bond acceptors (Lipinski definition) is 3. The smallest absolute Gasteiger partial charge is 0.134 e. The summed E-state index contributed by atoms with van der Waals surface area (Å²) in [6.07, 6.45) is 0. The molecule has 0 amide bonds. The molecular weight excluding hydrogens is 287 g/mol. The van der Waals surface area contributed by atoms with E-state index in [1.54, 1.807) is 12.1 Å². The van der Waals surface area contributed by atoms with Gasteiger partial charge in [-0.1, -0.05) is 23.8 Å². The monoisotopic (exact) mass is 298 g/mol. The van der Waals surface area contributed by atoms with Crippen LogP contribution in [0.25, 0.3) is 11.3 Å². The number of nitrogens with one attached hydrogen (secondary N) is 1. The fourth-order valence-corrected chi connectivity index (χ4v) is 2.13. The van der Waals surface area contributed by atoms with Crippen molar-refractivity contribution in [3.05, 3.63) is 45.6 Å². The molecule has 19 heavy (non-hydrogen) atoms. The van der Waals surface area contributed by atoms with Gasteiger partial charge in [-0.05, 0) is 31.2 Å². The van der Waals surface area contributed by atoms with Crippen molar-refractivity contribution in [1.82, 2.24) is 9.97 Å². The molecule has 100 valence electrons. The van der Waals surface area contributed by atoms with Gasteiger partial charge in [0.2, 0.25) is 0 Å². The van der Waals surface area contributed by atoms with Crippen LogP contribution >= 0.6 is 23.8 Å². The number of halogens is 2. The Hall–Kier alpha value is -1.30. The summed E-state index contributed by atoms with van der Waals surface area (Å²) in [6, 6.07) is 5.89. The molecule has 1 heterocycles. The Bertz CT molecular complexity index is 645. The van der Waals surface area contributed by atoms with Gasteiger partial charge in [0, 0.05) is 12.2 Å². The summed E-state index contributed by atoms with van der Waals surface area (Å²) >= 11 is 11.1. The van der Waals surface area contributed by atoms with Gasteiger partial charge in [-0.2, -0.15) is 0 Å². The Morgan fingerprint density at radius 1 is 1.42 bits per heavy atom. The maximum atomic E-state index is 13.0. The van der Waals surface area contributed by atoms with Crippen molar-refractivity contribution in [1.29, 1.82) is 0 Å². The summed E-state index contributed by atoms with van der Waals surface area (Å²) in [5.41, 5.74) is 1.37. The van der Waals surface area contributed by atoms with Gasteiger partial charge in [-0.15, -0.1) is 0 Å². The fourth-order valence-electron chi connectivity index (χ4n) is 1.63. The van der Waals surface area contributed by atoms with E-state index in [1.165, 1.54) is 12.1 Å². The number of hydrogen-bond donors (Lipinski definition) is 1. The van der Waals surface area contributed by atoms with Crippen LogP contribution in [0.1, 0.15) is 12.7 Å². The molecule has 1 aromatic heterocycles. The first-order chi connectivity index (χ1) is 9.10. The van der Waals surface area contributed by atoms with Gasteiger partial charge >= 0.3 is 0 Å². The van der Waals surface area contributed by atoms with Crippen molar-refractivity contribution in [2.75, 3.05) is 6.61 Å². The standard InChI is InChI=1S/C13H12ClFN2OS/c1-2-18-7-12-16-11(6-13(19)17-12)9-4-3-8(15)5-10(9)14/h3-6H,2,7H2,1H3,(H,16,17,19). The second kappa shape index (κ2) is 6.23. The Balaban J connectivity index is 2.44. The molecule has 0 radical (unpaired) electrons. The molecule has 0 aliphatic rings. The lowest BCUT2D eigenvalue weighted by atomic mass is 10.1. The summed E-state index contributed by atoms with van der Waals surface area (Å²) in [4.78, 5) is 7.25. The molecule has 0 bridgehead atoms. The lowest BCUT2D eigenvalue weighted by Gasteiger charge is -2.08. The molecular formula is C13H12ClFN2OS. The third-order valence-electron chi connectivity index (χ3n) is 2.46. The largest absolute Gasteiger partial charge is 0.374 e. The minimum absolute atomic E-state index is 0.319. The number of benzene rings is 1. The predicted octanol–water partition coefficient (Wildman–Crippen LogP) is 4.14. The lowest BCUT2D eigenvalue weighted by molar-refractivity contribution is 0.128. The third-order valence-corrected chi connectivity index (χ3v) is 2.98. The van der Waals surface area contributed by atoms with Gasteiger partial charge in [0.1, 0.15) is 22.9 Å². The van der Waals surface area contributed by atoms with Gasteiger partial charge in [-0.3, -0.25) is 0 Å². The molecule has 2 rings (SSSR count). The van der Waals surface area contributed by atoms with Crippen molar-refractivity contribution in [3.63, 3.8) is 0 Å². The minimum atomic E-state index is -0.379. The van der Waals surface area contributed by atoms with Crippen LogP contribution < -0.4 is 0 Å². The molecule has 0 spiro atoms. The van der Waals surface area contributed by atoms with Gasteiger partial charge in [0.25, 0.3) is 0 Å². The van der Waals surface area contributed by atoms with Crippen LogP contribution in [0, 0.1) is 10.5 Å². The van der Waals surface area contributed by atoms with E-state index >= 15 is 0 Å². The minimum Gasteiger partial charge on any atom is -0.374 e. The zero-order chi connectivity index (χ0) is 13.8. The van der Waals surface area contributed by atoms with Crippen LogP contribution in [0.3, 0.4) is 0 Å². The second-order valence-electron chi connectivity index (χ2n) is 3.84. The van der Waals surface area contributed by atoms with E-state index in [0.717, 1.165) is 0 Å². The van der Waals surface area contributed by atoms with Crippen LogP contribution in [0.4, 0.5) is 4.39 Å². The van der Waals surface area contributed by atoms with E-state index < -0.39 is 0 Å². The molecule has 1 aromatic carbocycles. The summed E-state index contributed by atoms with van der Waals surface area (Å²) < 4.78 is 18.8. The number of rotatable bonds is 4. The van der Waals surface area contributed by atoms with E-state index in [0.29, 0.717) is 40.0 Å². The van der Waals surface area contributed by atoms with Crippen molar-refractivity contribution in [3.8, 4) is 11.3 Å². The van der Waals surface area contributed by atoms with Gasteiger partial charge in [0.05, 0.1) is 10.7 Å². The van der Waals surface area contributed by atoms with E-state index in [9.17, 15) is 4.39 Å². The van der Waals surface area contributed by atoms with Gasteiger partial charge in [0.15, 0.2) is 0 Å². The molecule has 0 saturated heterocycles. The number of H-pyrrole nitrogens is 1. The number of aromatic amines is 1. The molecule has 0 fully saturated rings. The Morgan fingerprint density at radius 3 is 2.89 bits per heavy atom. The van der Waals surface area contributed by atoms with Crippen LogP contribution in [0.5, 0.6) is 0 Å². The third kappa shape index (κ3) is 3.59. The highest BCUT2D eigenvalue weighted by atomic mass is 35.5. The molecule has 3 nitrogen and oxygen atoms in total. The number of aromatic nitrogens is 2. The normalized spacial score (nSPS) is 10.7. The molecule has 0 aliphatic heterocycles. The summed E-state index contributed by atoms with van der Waals surface area (Å²) in [6.45, 7) is 2.83. The van der Waals surface area contributed by atoms with Crippen molar-refractivity contribution >= 4 is 23.8 Å². The van der Waals surface area contributed by atoms with Gasteiger partial charge < -0.3 is 9.72 Å². The SMILES string of the molecule is CCOCc1nc(=S)cc(-c2ccc(F)cc2Cl)[nH]1. The fraction of sp³-hybridized carbons (Fsp3) is 0.231. The number of nitrogens with zero attached hydrogens (tertiary/aromatic N) is 1. The van der Waals surface area contributed by atoms with E-state index in [4.69, 9.17) is 28.6 Å². The molecule has 0 aliphatic carbocycles. The number of ether oxygens (including phenoxy) is 1. The molecule has 0 saturated carbocycles. The zero-order valence-corrected chi connectivity index (χ0v) is 11.8. The molecule has 6 heteroatoms. The first kappa shape index (κ1) is 14.1. The summed E-state index contributed by atoms with van der Waals surface area (Å²) in [7, 11) is 0. The van der Waals surface area contributed by atoms with Crippen molar-refractivity contribution < 1.29 is 9.13 Å². The zero-order valence-electron chi connectivity index (χ0n) is 10.2. The molecule has 0 atom stereocenters. The summed E-state index contributed by atoms with van der Waals surface area (Å²) in [5.74, 6) is 0.237. The van der Waals surface area contributed by atoms with Gasteiger partial charge in [-0.25, -0.2) is 9.37 Å². The van der Waals surface area contributed by atoms with Crippen LogP contribution in [-0.4, -0.2) is 16.6 Å². The first-order valence-corrected chi connectivity index (χ1v) is 6.52. The topological polar surface area (TPSA) is 37.9 Å². The van der Waals surface area contributed by atoms with Crippen molar-refractivity contribution in [2.24, 2.45) is 0 Å². The average molecular weight is 299 g/mol. The Kier molecular flexibility index (Phi) is 4.63. The highest BCUT2D eigenvalue weighted by Gasteiger charge is 2.07. The van der Waals surface area contributed by atoms with Crippen LogP contribution in [-0.2, 0) is 11.3 Å². The Labute approximate surface area is 120 Å². The molecule has 2 aromatic rings. The average Bonchev–Trinajstić information content (AvgIpc) is 2.35. The molecule has 1 N–H and O–H groups in total. The van der Waals surface area contributed by atoms with E-state index in [1.807, 2.05) is 6.92 Å².